The van der Waals surface area contributed by atoms with E-state index in [2.05, 4.69) is 21.2 Å². The summed E-state index contributed by atoms with van der Waals surface area (Å²) in [6.07, 6.45) is 1.75. The van der Waals surface area contributed by atoms with Crippen LogP contribution in [-0.2, 0) is 4.74 Å². The van der Waals surface area contributed by atoms with E-state index < -0.39 is 0 Å². The molecule has 0 aromatic heterocycles. The zero-order chi connectivity index (χ0) is 12.3. The Hall–Kier alpha value is -0.580. The Morgan fingerprint density at radius 1 is 1.41 bits per heavy atom. The molecular formula is C12H13BrClNO2. The second kappa shape index (κ2) is 5.85. The molecule has 1 aliphatic heterocycles. The van der Waals surface area contributed by atoms with Crippen molar-refractivity contribution in [1.82, 2.24) is 5.32 Å². The van der Waals surface area contributed by atoms with Crippen LogP contribution >= 0.6 is 27.5 Å². The van der Waals surface area contributed by atoms with Crippen molar-refractivity contribution in [3.8, 4) is 0 Å². The van der Waals surface area contributed by atoms with Crippen LogP contribution in [-0.4, -0.2) is 25.2 Å². The maximum Gasteiger partial charge on any atom is 0.251 e. The number of nitrogens with one attached hydrogen (secondary N) is 1. The van der Waals surface area contributed by atoms with Crippen molar-refractivity contribution in [2.24, 2.45) is 0 Å². The molecule has 1 saturated heterocycles. The van der Waals surface area contributed by atoms with E-state index in [9.17, 15) is 4.79 Å². The van der Waals surface area contributed by atoms with E-state index in [1.807, 2.05) is 0 Å². The lowest BCUT2D eigenvalue weighted by molar-refractivity contribution is 0.0696. The van der Waals surface area contributed by atoms with Gasteiger partial charge in [-0.1, -0.05) is 11.6 Å². The lowest BCUT2D eigenvalue weighted by Gasteiger charge is -2.23. The number of hydrogen-bond acceptors (Lipinski definition) is 2. The lowest BCUT2D eigenvalue weighted by atomic mass is 10.1. The summed E-state index contributed by atoms with van der Waals surface area (Å²) in [5, 5.41) is 3.60. The van der Waals surface area contributed by atoms with Gasteiger partial charge in [-0.3, -0.25) is 4.79 Å². The van der Waals surface area contributed by atoms with Gasteiger partial charge in [0.1, 0.15) is 0 Å². The maximum absolute atomic E-state index is 12.0. The molecule has 92 valence electrons. The highest BCUT2D eigenvalue weighted by atomic mass is 79.9. The number of carbonyl (C=O) groups excluding carboxylic acids is 1. The first-order valence-corrected chi connectivity index (χ1v) is 6.67. The van der Waals surface area contributed by atoms with E-state index in [4.69, 9.17) is 16.3 Å². The smallest absolute Gasteiger partial charge is 0.251 e. The van der Waals surface area contributed by atoms with Crippen LogP contribution in [0.4, 0.5) is 0 Å². The number of halogens is 2. The summed E-state index contributed by atoms with van der Waals surface area (Å²) in [5.74, 6) is -0.0609. The molecule has 0 unspecified atom stereocenters. The van der Waals surface area contributed by atoms with Crippen LogP contribution in [0.3, 0.4) is 0 Å². The van der Waals surface area contributed by atoms with E-state index in [1.165, 1.54) is 0 Å². The number of benzene rings is 1. The van der Waals surface area contributed by atoms with Gasteiger partial charge >= 0.3 is 0 Å². The van der Waals surface area contributed by atoms with Crippen molar-refractivity contribution in [2.75, 3.05) is 13.2 Å². The van der Waals surface area contributed by atoms with Crippen molar-refractivity contribution in [1.29, 1.82) is 0 Å². The highest BCUT2D eigenvalue weighted by Gasteiger charge is 2.17. The van der Waals surface area contributed by atoms with Gasteiger partial charge in [0, 0.05) is 29.3 Å². The molecule has 1 aromatic carbocycles. The summed E-state index contributed by atoms with van der Waals surface area (Å²) < 4.78 is 5.98. The number of rotatable bonds is 2. The molecule has 1 N–H and O–H groups in total. The van der Waals surface area contributed by atoms with Gasteiger partial charge in [-0.15, -0.1) is 0 Å². The molecule has 0 atom stereocenters. The van der Waals surface area contributed by atoms with E-state index in [-0.39, 0.29) is 11.9 Å². The summed E-state index contributed by atoms with van der Waals surface area (Å²) in [6.45, 7) is 1.44. The molecule has 1 fully saturated rings. The Balaban J connectivity index is 2.01. The molecule has 0 aliphatic carbocycles. The largest absolute Gasteiger partial charge is 0.381 e. The van der Waals surface area contributed by atoms with Crippen molar-refractivity contribution < 1.29 is 9.53 Å². The predicted molar refractivity (Wildman–Crippen MR) is 70.5 cm³/mol. The van der Waals surface area contributed by atoms with Gasteiger partial charge in [-0.25, -0.2) is 0 Å². The number of carbonyl (C=O) groups is 1. The summed E-state index contributed by atoms with van der Waals surface area (Å²) >= 11 is 9.19. The van der Waals surface area contributed by atoms with Crippen LogP contribution in [0.25, 0.3) is 0 Å². The number of hydrogen-bond donors (Lipinski definition) is 1. The van der Waals surface area contributed by atoms with Crippen molar-refractivity contribution >= 4 is 33.4 Å². The predicted octanol–water partition coefficient (Wildman–Crippen LogP) is 3.01. The van der Waals surface area contributed by atoms with E-state index in [0.717, 1.165) is 30.5 Å². The average molecular weight is 319 g/mol. The van der Waals surface area contributed by atoms with Gasteiger partial charge < -0.3 is 10.1 Å². The Bertz CT molecular complexity index is 419. The average Bonchev–Trinajstić information content (AvgIpc) is 2.34. The van der Waals surface area contributed by atoms with Crippen molar-refractivity contribution in [3.05, 3.63) is 33.3 Å². The van der Waals surface area contributed by atoms with E-state index in [0.29, 0.717) is 10.6 Å². The van der Waals surface area contributed by atoms with Crippen LogP contribution in [0.5, 0.6) is 0 Å². The zero-order valence-corrected chi connectivity index (χ0v) is 11.6. The molecule has 17 heavy (non-hydrogen) atoms. The SMILES string of the molecule is O=C(NC1CCOCC1)c1ccc(Cl)c(Br)c1. The second-order valence-electron chi connectivity index (χ2n) is 3.99. The van der Waals surface area contributed by atoms with E-state index in [1.54, 1.807) is 18.2 Å². The first-order valence-electron chi connectivity index (χ1n) is 5.50. The van der Waals surface area contributed by atoms with E-state index >= 15 is 0 Å². The summed E-state index contributed by atoms with van der Waals surface area (Å²) in [5.41, 5.74) is 0.618. The Morgan fingerprint density at radius 3 is 2.76 bits per heavy atom. The molecule has 1 heterocycles. The van der Waals surface area contributed by atoms with Gasteiger partial charge in [0.2, 0.25) is 0 Å². The fourth-order valence-corrected chi connectivity index (χ4v) is 2.24. The quantitative estimate of drug-likeness (QED) is 0.910. The number of amides is 1. The first kappa shape index (κ1) is 12.9. The fraction of sp³-hybridized carbons (Fsp3) is 0.417. The molecule has 0 radical (unpaired) electrons. The summed E-state index contributed by atoms with van der Waals surface area (Å²) in [6, 6.07) is 5.38. The molecule has 0 bridgehead atoms. The van der Waals surface area contributed by atoms with Crippen LogP contribution < -0.4 is 5.32 Å². The third-order valence-corrected chi connectivity index (χ3v) is 3.95. The minimum Gasteiger partial charge on any atom is -0.381 e. The molecule has 2 rings (SSSR count). The topological polar surface area (TPSA) is 38.3 Å². The Kier molecular flexibility index (Phi) is 4.42. The molecule has 0 saturated carbocycles. The van der Waals surface area contributed by atoms with Gasteiger partial charge in [-0.2, -0.15) is 0 Å². The van der Waals surface area contributed by atoms with Gasteiger partial charge in [0.25, 0.3) is 5.91 Å². The molecule has 1 aromatic rings. The Morgan fingerprint density at radius 2 is 2.12 bits per heavy atom. The monoisotopic (exact) mass is 317 g/mol. The normalized spacial score (nSPS) is 16.8. The summed E-state index contributed by atoms with van der Waals surface area (Å²) in [4.78, 5) is 12.0. The van der Waals surface area contributed by atoms with Crippen molar-refractivity contribution in [3.63, 3.8) is 0 Å². The first-order chi connectivity index (χ1) is 8.16. The highest BCUT2D eigenvalue weighted by Crippen LogP contribution is 2.23. The highest BCUT2D eigenvalue weighted by molar-refractivity contribution is 9.10. The van der Waals surface area contributed by atoms with Crippen LogP contribution in [0.1, 0.15) is 23.2 Å². The van der Waals surface area contributed by atoms with Gasteiger partial charge in [-0.05, 0) is 47.0 Å². The van der Waals surface area contributed by atoms with Crippen LogP contribution in [0.15, 0.2) is 22.7 Å². The molecule has 3 nitrogen and oxygen atoms in total. The van der Waals surface area contributed by atoms with Gasteiger partial charge in [0.15, 0.2) is 0 Å². The third kappa shape index (κ3) is 3.44. The van der Waals surface area contributed by atoms with Crippen LogP contribution in [0, 0.1) is 0 Å². The summed E-state index contributed by atoms with van der Waals surface area (Å²) in [7, 11) is 0. The molecular weight excluding hydrogens is 305 g/mol. The maximum atomic E-state index is 12.0. The minimum absolute atomic E-state index is 0.0609. The second-order valence-corrected chi connectivity index (χ2v) is 5.25. The molecule has 5 heteroatoms. The van der Waals surface area contributed by atoms with Gasteiger partial charge in [0.05, 0.1) is 5.02 Å². The van der Waals surface area contributed by atoms with Crippen LogP contribution in [0.2, 0.25) is 5.02 Å². The Labute approximate surface area is 114 Å². The lowest BCUT2D eigenvalue weighted by Crippen LogP contribution is -2.38. The van der Waals surface area contributed by atoms with Crippen molar-refractivity contribution in [2.45, 2.75) is 18.9 Å². The minimum atomic E-state index is -0.0609. The fourth-order valence-electron chi connectivity index (χ4n) is 1.75. The molecule has 0 spiro atoms. The molecule has 1 amide bonds. The standard InChI is InChI=1S/C12H13BrClNO2/c13-10-7-8(1-2-11(10)14)12(16)15-9-3-5-17-6-4-9/h1-2,7,9H,3-6H2,(H,15,16). The number of ether oxygens (including phenoxy) is 1. The molecule has 1 aliphatic rings. The zero-order valence-electron chi connectivity index (χ0n) is 9.21. The third-order valence-electron chi connectivity index (χ3n) is 2.74.